The third-order valence-corrected chi connectivity index (χ3v) is 4.36. The Morgan fingerprint density at radius 3 is 2.62 bits per heavy atom. The van der Waals surface area contributed by atoms with E-state index in [1.807, 2.05) is 50.2 Å². The van der Waals surface area contributed by atoms with Gasteiger partial charge in [-0.2, -0.15) is 0 Å². The van der Waals surface area contributed by atoms with Gasteiger partial charge in [0.1, 0.15) is 0 Å². The Kier molecular flexibility index (Phi) is 4.81. The number of benzene rings is 2. The van der Waals surface area contributed by atoms with Crippen LogP contribution in [0, 0.1) is 0 Å². The molecule has 0 unspecified atom stereocenters. The van der Waals surface area contributed by atoms with Gasteiger partial charge < -0.3 is 5.32 Å². The van der Waals surface area contributed by atoms with Crippen LogP contribution < -0.4 is 10.7 Å². The Labute approximate surface area is 142 Å². The molecule has 0 aromatic heterocycles. The Morgan fingerprint density at radius 1 is 1.17 bits per heavy atom. The van der Waals surface area contributed by atoms with Crippen LogP contribution in [-0.4, -0.2) is 35.5 Å². The van der Waals surface area contributed by atoms with Crippen LogP contribution in [0.5, 0.6) is 0 Å². The summed E-state index contributed by atoms with van der Waals surface area (Å²) in [6.07, 6.45) is 1.79. The first-order chi connectivity index (χ1) is 11.6. The predicted molar refractivity (Wildman–Crippen MR) is 94.4 cm³/mol. The van der Waals surface area contributed by atoms with E-state index < -0.39 is 0 Å². The van der Waals surface area contributed by atoms with E-state index in [1.54, 1.807) is 6.07 Å². The lowest BCUT2D eigenvalue weighted by molar-refractivity contribution is -0.127. The summed E-state index contributed by atoms with van der Waals surface area (Å²) in [6, 6.07) is 13.1. The summed E-state index contributed by atoms with van der Waals surface area (Å²) in [4.78, 5) is 25.4. The first kappa shape index (κ1) is 16.5. The summed E-state index contributed by atoms with van der Waals surface area (Å²) in [7, 11) is 0. The molecule has 2 aromatic carbocycles. The number of nitrogens with one attached hydrogen (secondary N) is 2. The van der Waals surface area contributed by atoms with E-state index in [2.05, 4.69) is 10.7 Å². The summed E-state index contributed by atoms with van der Waals surface area (Å²) >= 11 is 0. The summed E-state index contributed by atoms with van der Waals surface area (Å²) < 4.78 is 0. The molecule has 2 N–H and O–H groups in total. The highest BCUT2D eigenvalue weighted by Gasteiger charge is 2.27. The fourth-order valence-electron chi connectivity index (χ4n) is 3.06. The maximum absolute atomic E-state index is 13.0. The standard InChI is InChI=1S/C19H23N3O2/c1-13(2)22(21-18(23)17-11-6-12-20-17)19(24)16-10-5-8-14-7-3-4-9-15(14)16/h3-5,7-10,13,17,20H,6,11-12H2,1-2H3,(H,21,23)/t17-/m0/s1. The third kappa shape index (κ3) is 3.26. The maximum Gasteiger partial charge on any atom is 0.273 e. The van der Waals surface area contributed by atoms with Crippen molar-refractivity contribution in [1.82, 2.24) is 15.8 Å². The molecule has 2 aromatic rings. The van der Waals surface area contributed by atoms with Crippen LogP contribution in [0.2, 0.25) is 0 Å². The number of fused-ring (bicyclic) bond motifs is 1. The lowest BCUT2D eigenvalue weighted by Gasteiger charge is -2.28. The molecule has 2 amide bonds. The van der Waals surface area contributed by atoms with Crippen molar-refractivity contribution >= 4 is 22.6 Å². The normalized spacial score (nSPS) is 17.2. The van der Waals surface area contributed by atoms with Gasteiger partial charge in [0.2, 0.25) is 0 Å². The van der Waals surface area contributed by atoms with Crippen LogP contribution in [0.4, 0.5) is 0 Å². The van der Waals surface area contributed by atoms with E-state index in [9.17, 15) is 9.59 Å². The average molecular weight is 325 g/mol. The molecule has 1 aliphatic rings. The number of amides is 2. The minimum atomic E-state index is -0.216. The van der Waals surface area contributed by atoms with Crippen molar-refractivity contribution in [3.05, 3.63) is 48.0 Å². The third-order valence-electron chi connectivity index (χ3n) is 4.36. The van der Waals surface area contributed by atoms with Gasteiger partial charge in [0, 0.05) is 11.6 Å². The molecule has 0 saturated carbocycles. The Hall–Kier alpha value is -2.40. The zero-order valence-electron chi connectivity index (χ0n) is 14.1. The van der Waals surface area contributed by atoms with E-state index in [0.29, 0.717) is 5.56 Å². The van der Waals surface area contributed by atoms with Crippen molar-refractivity contribution in [2.24, 2.45) is 0 Å². The molecule has 1 fully saturated rings. The van der Waals surface area contributed by atoms with Gasteiger partial charge in [-0.1, -0.05) is 36.4 Å². The molecule has 1 atom stereocenters. The van der Waals surface area contributed by atoms with Gasteiger partial charge in [0.15, 0.2) is 0 Å². The van der Waals surface area contributed by atoms with Crippen molar-refractivity contribution in [3.8, 4) is 0 Å². The molecule has 0 radical (unpaired) electrons. The molecule has 1 heterocycles. The Balaban J connectivity index is 1.87. The summed E-state index contributed by atoms with van der Waals surface area (Å²) in [5.41, 5.74) is 3.40. The van der Waals surface area contributed by atoms with Gasteiger partial charge >= 0.3 is 0 Å². The van der Waals surface area contributed by atoms with Gasteiger partial charge in [-0.3, -0.25) is 15.0 Å². The average Bonchev–Trinajstić information content (AvgIpc) is 3.13. The zero-order valence-corrected chi connectivity index (χ0v) is 14.1. The SMILES string of the molecule is CC(C)N(NC(=O)[C@@H]1CCCN1)C(=O)c1cccc2ccccc12. The van der Waals surface area contributed by atoms with Crippen LogP contribution in [0.25, 0.3) is 10.8 Å². The van der Waals surface area contributed by atoms with Gasteiger partial charge in [-0.25, -0.2) is 5.01 Å². The topological polar surface area (TPSA) is 61.4 Å². The largest absolute Gasteiger partial charge is 0.306 e. The number of carbonyl (C=O) groups excluding carboxylic acids is 2. The van der Waals surface area contributed by atoms with Gasteiger partial charge in [-0.05, 0) is 50.1 Å². The molecule has 5 nitrogen and oxygen atoms in total. The smallest absolute Gasteiger partial charge is 0.273 e. The fourth-order valence-corrected chi connectivity index (χ4v) is 3.06. The molecule has 1 aliphatic heterocycles. The Bertz CT molecular complexity index is 746. The minimum Gasteiger partial charge on any atom is -0.306 e. The number of hydrogen-bond donors (Lipinski definition) is 2. The molecule has 0 aliphatic carbocycles. The fraction of sp³-hybridized carbons (Fsp3) is 0.368. The van der Waals surface area contributed by atoms with E-state index in [0.717, 1.165) is 30.2 Å². The highest BCUT2D eigenvalue weighted by molar-refractivity contribution is 6.07. The van der Waals surface area contributed by atoms with Crippen molar-refractivity contribution in [3.63, 3.8) is 0 Å². The number of carbonyl (C=O) groups is 2. The van der Waals surface area contributed by atoms with Crippen molar-refractivity contribution < 1.29 is 9.59 Å². The first-order valence-electron chi connectivity index (χ1n) is 8.43. The predicted octanol–water partition coefficient (Wildman–Crippen LogP) is 2.47. The lowest BCUT2D eigenvalue weighted by Crippen LogP contribution is -2.54. The Morgan fingerprint density at radius 2 is 1.92 bits per heavy atom. The van der Waals surface area contributed by atoms with Crippen molar-refractivity contribution in [1.29, 1.82) is 0 Å². The highest BCUT2D eigenvalue weighted by Crippen LogP contribution is 2.20. The molecule has 0 bridgehead atoms. The summed E-state index contributed by atoms with van der Waals surface area (Å²) in [5.74, 6) is -0.331. The second-order valence-electron chi connectivity index (χ2n) is 6.42. The molecule has 126 valence electrons. The van der Waals surface area contributed by atoms with Gasteiger partial charge in [0.25, 0.3) is 11.8 Å². The summed E-state index contributed by atoms with van der Waals surface area (Å²) in [6.45, 7) is 4.63. The molecular formula is C19H23N3O2. The number of hydrazine groups is 1. The number of hydrogen-bond acceptors (Lipinski definition) is 3. The van der Waals surface area contributed by atoms with Gasteiger partial charge in [0.05, 0.1) is 6.04 Å². The van der Waals surface area contributed by atoms with E-state index in [4.69, 9.17) is 0 Å². The van der Waals surface area contributed by atoms with E-state index in [-0.39, 0.29) is 23.9 Å². The second kappa shape index (κ2) is 7.01. The van der Waals surface area contributed by atoms with Crippen molar-refractivity contribution in [2.45, 2.75) is 38.8 Å². The molecule has 5 heteroatoms. The number of rotatable bonds is 3. The zero-order chi connectivity index (χ0) is 17.1. The maximum atomic E-state index is 13.0. The molecular weight excluding hydrogens is 302 g/mol. The molecule has 1 saturated heterocycles. The van der Waals surface area contributed by atoms with E-state index >= 15 is 0 Å². The van der Waals surface area contributed by atoms with Crippen LogP contribution in [-0.2, 0) is 4.79 Å². The van der Waals surface area contributed by atoms with Crippen LogP contribution in [0.3, 0.4) is 0 Å². The second-order valence-corrected chi connectivity index (χ2v) is 6.42. The first-order valence-corrected chi connectivity index (χ1v) is 8.43. The molecule has 3 rings (SSSR count). The quantitative estimate of drug-likeness (QED) is 0.852. The highest BCUT2D eigenvalue weighted by atomic mass is 16.2. The minimum absolute atomic E-state index is 0.137. The van der Waals surface area contributed by atoms with Crippen molar-refractivity contribution in [2.75, 3.05) is 6.54 Å². The van der Waals surface area contributed by atoms with E-state index in [1.165, 1.54) is 5.01 Å². The lowest BCUT2D eigenvalue weighted by atomic mass is 10.0. The van der Waals surface area contributed by atoms with Crippen LogP contribution in [0.15, 0.2) is 42.5 Å². The van der Waals surface area contributed by atoms with Gasteiger partial charge in [-0.15, -0.1) is 0 Å². The number of nitrogens with zero attached hydrogens (tertiary/aromatic N) is 1. The summed E-state index contributed by atoms with van der Waals surface area (Å²) in [5, 5.41) is 6.50. The monoisotopic (exact) mass is 325 g/mol. The van der Waals surface area contributed by atoms with Crippen LogP contribution >= 0.6 is 0 Å². The van der Waals surface area contributed by atoms with Crippen LogP contribution in [0.1, 0.15) is 37.0 Å². The molecule has 0 spiro atoms. The molecule has 24 heavy (non-hydrogen) atoms.